The number of anilines is 3. The Labute approximate surface area is 160 Å². The molecule has 2 heterocycles. The van der Waals surface area contributed by atoms with E-state index in [1.165, 1.54) is 0 Å². The highest BCUT2D eigenvalue weighted by Crippen LogP contribution is 2.27. The standard InChI is InChI=1S/C20H18F3N5/c21-13-8-9-15(19(23)18(13)22)26-17-11-16(14-7-3-4-10-24-14)27-20(28-17)25-12-5-1-2-6-12/h3-4,7-12H,1-2,5-6H2,(H2,25,26,27,28). The molecule has 0 spiro atoms. The van der Waals surface area contributed by atoms with Gasteiger partial charge in [0.05, 0.1) is 17.1 Å². The number of nitrogens with one attached hydrogen (secondary N) is 2. The van der Waals surface area contributed by atoms with E-state index in [0.29, 0.717) is 17.3 Å². The van der Waals surface area contributed by atoms with Crippen LogP contribution in [0.5, 0.6) is 0 Å². The SMILES string of the molecule is Fc1ccc(Nc2cc(-c3ccccn3)nc(NC3CCCC3)n2)c(F)c1F. The van der Waals surface area contributed by atoms with Gasteiger partial charge in [0.1, 0.15) is 5.82 Å². The quantitative estimate of drug-likeness (QED) is 0.602. The zero-order chi connectivity index (χ0) is 19.5. The molecule has 1 aromatic carbocycles. The van der Waals surface area contributed by atoms with E-state index >= 15 is 0 Å². The van der Waals surface area contributed by atoms with Crippen LogP contribution in [0.4, 0.5) is 30.6 Å². The maximum atomic E-state index is 14.1. The third kappa shape index (κ3) is 3.90. The van der Waals surface area contributed by atoms with Gasteiger partial charge in [0.2, 0.25) is 5.95 Å². The monoisotopic (exact) mass is 385 g/mol. The summed E-state index contributed by atoms with van der Waals surface area (Å²) in [5.74, 6) is -3.46. The molecule has 0 aliphatic heterocycles. The highest BCUT2D eigenvalue weighted by Gasteiger charge is 2.18. The Balaban J connectivity index is 1.70. The Morgan fingerprint density at radius 1 is 0.893 bits per heavy atom. The van der Waals surface area contributed by atoms with Gasteiger partial charge in [0.15, 0.2) is 17.5 Å². The van der Waals surface area contributed by atoms with Crippen LogP contribution in [-0.2, 0) is 0 Å². The molecule has 0 unspecified atom stereocenters. The third-order valence-electron chi connectivity index (χ3n) is 4.64. The predicted octanol–water partition coefficient (Wildman–Crippen LogP) is 5.05. The number of hydrogen-bond donors (Lipinski definition) is 2. The van der Waals surface area contributed by atoms with Crippen molar-refractivity contribution < 1.29 is 13.2 Å². The molecule has 1 saturated carbocycles. The molecule has 1 fully saturated rings. The minimum Gasteiger partial charge on any atom is -0.351 e. The molecular weight excluding hydrogens is 367 g/mol. The third-order valence-corrected chi connectivity index (χ3v) is 4.64. The lowest BCUT2D eigenvalue weighted by Gasteiger charge is -2.15. The molecule has 0 bridgehead atoms. The average Bonchev–Trinajstić information content (AvgIpc) is 3.22. The largest absolute Gasteiger partial charge is 0.351 e. The molecule has 8 heteroatoms. The summed E-state index contributed by atoms with van der Waals surface area (Å²) in [5, 5.41) is 6.01. The highest BCUT2D eigenvalue weighted by atomic mass is 19.2. The van der Waals surface area contributed by atoms with E-state index in [2.05, 4.69) is 25.6 Å². The van der Waals surface area contributed by atoms with E-state index in [-0.39, 0.29) is 17.5 Å². The first-order chi connectivity index (χ1) is 13.6. The van der Waals surface area contributed by atoms with Crippen LogP contribution in [0.15, 0.2) is 42.6 Å². The normalized spacial score (nSPS) is 14.2. The lowest BCUT2D eigenvalue weighted by molar-refractivity contribution is 0.449. The molecule has 0 amide bonds. The van der Waals surface area contributed by atoms with E-state index in [4.69, 9.17) is 0 Å². The Morgan fingerprint density at radius 2 is 1.71 bits per heavy atom. The summed E-state index contributed by atoms with van der Waals surface area (Å²) in [4.78, 5) is 13.2. The molecule has 2 N–H and O–H groups in total. The Bertz CT molecular complexity index is 975. The van der Waals surface area contributed by atoms with Gasteiger partial charge in [0, 0.05) is 18.3 Å². The van der Waals surface area contributed by atoms with Gasteiger partial charge in [-0.1, -0.05) is 18.9 Å². The summed E-state index contributed by atoms with van der Waals surface area (Å²) in [6.45, 7) is 0. The number of halogens is 3. The zero-order valence-corrected chi connectivity index (χ0v) is 14.9. The second kappa shape index (κ2) is 7.84. The van der Waals surface area contributed by atoms with Crippen molar-refractivity contribution in [3.63, 3.8) is 0 Å². The Kier molecular flexibility index (Phi) is 5.10. The number of hydrogen-bond acceptors (Lipinski definition) is 5. The second-order valence-corrected chi connectivity index (χ2v) is 6.65. The fourth-order valence-corrected chi connectivity index (χ4v) is 3.23. The van der Waals surface area contributed by atoms with E-state index < -0.39 is 17.5 Å². The summed E-state index contributed by atoms with van der Waals surface area (Å²) < 4.78 is 40.8. The van der Waals surface area contributed by atoms with Gasteiger partial charge in [-0.25, -0.2) is 18.2 Å². The van der Waals surface area contributed by atoms with Crippen LogP contribution in [0.2, 0.25) is 0 Å². The molecule has 3 aromatic rings. The number of aromatic nitrogens is 3. The zero-order valence-electron chi connectivity index (χ0n) is 14.9. The van der Waals surface area contributed by atoms with Crippen molar-refractivity contribution in [1.82, 2.24) is 15.0 Å². The minimum atomic E-state index is -1.53. The van der Waals surface area contributed by atoms with Crippen LogP contribution in [-0.4, -0.2) is 21.0 Å². The van der Waals surface area contributed by atoms with Crippen molar-refractivity contribution in [2.24, 2.45) is 0 Å². The summed E-state index contributed by atoms with van der Waals surface area (Å²) in [7, 11) is 0. The first-order valence-corrected chi connectivity index (χ1v) is 9.08. The van der Waals surface area contributed by atoms with Crippen LogP contribution < -0.4 is 10.6 Å². The van der Waals surface area contributed by atoms with E-state index in [1.807, 2.05) is 6.07 Å². The molecule has 0 saturated heterocycles. The maximum Gasteiger partial charge on any atom is 0.225 e. The van der Waals surface area contributed by atoms with Gasteiger partial charge in [0.25, 0.3) is 0 Å². The van der Waals surface area contributed by atoms with Crippen molar-refractivity contribution in [3.8, 4) is 11.4 Å². The maximum absolute atomic E-state index is 14.1. The molecule has 1 aliphatic carbocycles. The van der Waals surface area contributed by atoms with Crippen molar-refractivity contribution in [2.45, 2.75) is 31.7 Å². The molecule has 4 rings (SSSR count). The number of pyridine rings is 1. The second-order valence-electron chi connectivity index (χ2n) is 6.65. The first-order valence-electron chi connectivity index (χ1n) is 9.08. The van der Waals surface area contributed by atoms with Crippen molar-refractivity contribution in [2.75, 3.05) is 10.6 Å². The van der Waals surface area contributed by atoms with Crippen molar-refractivity contribution >= 4 is 17.5 Å². The molecule has 1 aliphatic rings. The van der Waals surface area contributed by atoms with Crippen LogP contribution in [0.1, 0.15) is 25.7 Å². The van der Waals surface area contributed by atoms with Gasteiger partial charge in [-0.05, 0) is 37.1 Å². The fourth-order valence-electron chi connectivity index (χ4n) is 3.23. The Morgan fingerprint density at radius 3 is 2.46 bits per heavy atom. The molecule has 144 valence electrons. The molecule has 0 atom stereocenters. The predicted molar refractivity (Wildman–Crippen MR) is 101 cm³/mol. The lowest BCUT2D eigenvalue weighted by atomic mass is 10.2. The van der Waals surface area contributed by atoms with E-state index in [0.717, 1.165) is 37.8 Å². The first kappa shape index (κ1) is 18.2. The van der Waals surface area contributed by atoms with Crippen LogP contribution in [0.25, 0.3) is 11.4 Å². The minimum absolute atomic E-state index is 0.212. The number of rotatable bonds is 5. The number of benzene rings is 1. The van der Waals surface area contributed by atoms with Crippen molar-refractivity contribution in [3.05, 3.63) is 60.0 Å². The summed E-state index contributed by atoms with van der Waals surface area (Å²) >= 11 is 0. The van der Waals surface area contributed by atoms with Crippen LogP contribution in [0.3, 0.4) is 0 Å². The van der Waals surface area contributed by atoms with Gasteiger partial charge in [-0.15, -0.1) is 0 Å². The van der Waals surface area contributed by atoms with E-state index in [9.17, 15) is 13.2 Å². The molecule has 0 radical (unpaired) electrons. The van der Waals surface area contributed by atoms with Crippen molar-refractivity contribution in [1.29, 1.82) is 0 Å². The molecule has 5 nitrogen and oxygen atoms in total. The molecule has 2 aromatic heterocycles. The van der Waals surface area contributed by atoms with Gasteiger partial charge in [-0.3, -0.25) is 4.98 Å². The smallest absolute Gasteiger partial charge is 0.225 e. The van der Waals surface area contributed by atoms with Gasteiger partial charge in [-0.2, -0.15) is 4.98 Å². The fraction of sp³-hybridized carbons (Fsp3) is 0.250. The summed E-state index contributed by atoms with van der Waals surface area (Å²) in [5.41, 5.74) is 0.936. The molecule has 28 heavy (non-hydrogen) atoms. The van der Waals surface area contributed by atoms with Crippen LogP contribution >= 0.6 is 0 Å². The average molecular weight is 385 g/mol. The topological polar surface area (TPSA) is 62.7 Å². The van der Waals surface area contributed by atoms with Gasteiger partial charge >= 0.3 is 0 Å². The summed E-state index contributed by atoms with van der Waals surface area (Å²) in [6, 6.07) is 9.26. The highest BCUT2D eigenvalue weighted by molar-refractivity contribution is 5.65. The molecular formula is C20H18F3N5. The summed E-state index contributed by atoms with van der Waals surface area (Å²) in [6.07, 6.45) is 5.98. The Hall–Kier alpha value is -3.16. The lowest BCUT2D eigenvalue weighted by Crippen LogP contribution is -2.17. The number of nitrogens with zero attached hydrogens (tertiary/aromatic N) is 3. The van der Waals surface area contributed by atoms with Crippen LogP contribution in [0, 0.1) is 17.5 Å². The van der Waals surface area contributed by atoms with Gasteiger partial charge < -0.3 is 10.6 Å². The van der Waals surface area contributed by atoms with E-state index in [1.54, 1.807) is 24.4 Å².